The Hall–Kier alpha value is -1.78. The minimum absolute atomic E-state index is 0.258. The molecule has 2 rings (SSSR count). The van der Waals surface area contributed by atoms with Gasteiger partial charge in [0.1, 0.15) is 5.82 Å². The number of nitrogens with zero attached hydrogens (tertiary/aromatic N) is 1. The molecule has 0 aromatic carbocycles. The van der Waals surface area contributed by atoms with E-state index in [9.17, 15) is 4.79 Å². The number of ether oxygens (including phenoxy) is 1. The zero-order chi connectivity index (χ0) is 13.7. The van der Waals surface area contributed by atoms with Gasteiger partial charge in [-0.15, -0.1) is 0 Å². The molecule has 104 valence electrons. The Morgan fingerprint density at radius 3 is 2.79 bits per heavy atom. The van der Waals surface area contributed by atoms with E-state index < -0.39 is 5.97 Å². The highest BCUT2D eigenvalue weighted by molar-refractivity contribution is 5.88. The van der Waals surface area contributed by atoms with Gasteiger partial charge in [0.2, 0.25) is 0 Å². The number of rotatable bonds is 4. The van der Waals surface area contributed by atoms with Crippen molar-refractivity contribution in [3.63, 3.8) is 0 Å². The Kier molecular flexibility index (Phi) is 4.60. The lowest BCUT2D eigenvalue weighted by Crippen LogP contribution is -2.23. The van der Waals surface area contributed by atoms with Crippen LogP contribution in [-0.4, -0.2) is 23.6 Å². The van der Waals surface area contributed by atoms with Gasteiger partial charge in [-0.25, -0.2) is 9.78 Å². The standard InChI is InChI=1S/C14H21N3O2/c1-2-19-14(18)12-9-8-11(13(15)17-12)16-10-6-4-3-5-7-10/h8-10,16H,2-7H2,1H3,(H2,15,17). The van der Waals surface area contributed by atoms with E-state index in [4.69, 9.17) is 10.5 Å². The zero-order valence-electron chi connectivity index (χ0n) is 11.3. The molecule has 1 heterocycles. The predicted molar refractivity (Wildman–Crippen MR) is 75.1 cm³/mol. The highest BCUT2D eigenvalue weighted by Crippen LogP contribution is 2.24. The number of nitrogen functional groups attached to an aromatic ring is 1. The summed E-state index contributed by atoms with van der Waals surface area (Å²) in [4.78, 5) is 15.6. The maximum Gasteiger partial charge on any atom is 0.357 e. The van der Waals surface area contributed by atoms with Crippen molar-refractivity contribution < 1.29 is 9.53 Å². The largest absolute Gasteiger partial charge is 0.461 e. The van der Waals surface area contributed by atoms with Gasteiger partial charge in [-0.2, -0.15) is 0 Å². The minimum Gasteiger partial charge on any atom is -0.461 e. The number of carbonyl (C=O) groups excluding carboxylic acids is 1. The SMILES string of the molecule is CCOC(=O)c1ccc(NC2CCCCC2)c(N)n1. The van der Waals surface area contributed by atoms with Crippen LogP contribution in [0.15, 0.2) is 12.1 Å². The highest BCUT2D eigenvalue weighted by atomic mass is 16.5. The average molecular weight is 263 g/mol. The summed E-state index contributed by atoms with van der Waals surface area (Å²) >= 11 is 0. The summed E-state index contributed by atoms with van der Waals surface area (Å²) in [5.41, 5.74) is 6.95. The van der Waals surface area contributed by atoms with Gasteiger partial charge in [0.25, 0.3) is 0 Å². The van der Waals surface area contributed by atoms with Crippen LogP contribution >= 0.6 is 0 Å². The first kappa shape index (κ1) is 13.6. The topological polar surface area (TPSA) is 77.2 Å². The Labute approximate surface area is 113 Å². The molecule has 0 saturated heterocycles. The van der Waals surface area contributed by atoms with Crippen LogP contribution in [0, 0.1) is 0 Å². The molecule has 1 fully saturated rings. The Morgan fingerprint density at radius 2 is 2.16 bits per heavy atom. The number of hydrogen-bond acceptors (Lipinski definition) is 5. The fourth-order valence-electron chi connectivity index (χ4n) is 2.38. The van der Waals surface area contributed by atoms with E-state index in [2.05, 4.69) is 10.3 Å². The highest BCUT2D eigenvalue weighted by Gasteiger charge is 2.16. The monoisotopic (exact) mass is 263 g/mol. The number of nitrogens with two attached hydrogens (primary N) is 1. The Morgan fingerprint density at radius 1 is 1.42 bits per heavy atom. The van der Waals surface area contributed by atoms with Gasteiger partial charge in [0, 0.05) is 6.04 Å². The van der Waals surface area contributed by atoms with Crippen LogP contribution in [0.2, 0.25) is 0 Å². The average Bonchev–Trinajstić information content (AvgIpc) is 2.42. The molecule has 5 heteroatoms. The predicted octanol–water partition coefficient (Wildman–Crippen LogP) is 2.59. The molecule has 0 radical (unpaired) electrons. The van der Waals surface area contributed by atoms with Gasteiger partial charge in [-0.05, 0) is 31.9 Å². The molecule has 1 aliphatic carbocycles. The third-order valence-corrected chi connectivity index (χ3v) is 3.37. The number of pyridine rings is 1. The van der Waals surface area contributed by atoms with E-state index in [0.717, 1.165) is 5.69 Å². The van der Waals surface area contributed by atoms with E-state index in [0.29, 0.717) is 18.5 Å². The number of anilines is 2. The van der Waals surface area contributed by atoms with E-state index in [1.807, 2.05) is 6.07 Å². The van der Waals surface area contributed by atoms with Crippen LogP contribution in [0.25, 0.3) is 0 Å². The van der Waals surface area contributed by atoms with Gasteiger partial charge in [0.05, 0.1) is 12.3 Å². The van der Waals surface area contributed by atoms with Crippen LogP contribution in [0.1, 0.15) is 49.5 Å². The molecule has 3 N–H and O–H groups in total. The third-order valence-electron chi connectivity index (χ3n) is 3.37. The molecule has 1 aromatic heterocycles. The van der Waals surface area contributed by atoms with Crippen molar-refractivity contribution in [1.82, 2.24) is 4.98 Å². The lowest BCUT2D eigenvalue weighted by atomic mass is 9.95. The van der Waals surface area contributed by atoms with Crippen molar-refractivity contribution in [3.8, 4) is 0 Å². The summed E-state index contributed by atoms with van der Waals surface area (Å²) in [6.07, 6.45) is 6.16. The molecule has 0 amide bonds. The molecule has 1 aliphatic rings. The van der Waals surface area contributed by atoms with Crippen molar-refractivity contribution in [2.75, 3.05) is 17.7 Å². The van der Waals surface area contributed by atoms with Crippen molar-refractivity contribution in [2.45, 2.75) is 45.1 Å². The van der Waals surface area contributed by atoms with Gasteiger partial charge in [-0.3, -0.25) is 0 Å². The number of esters is 1. The quantitative estimate of drug-likeness (QED) is 0.816. The smallest absolute Gasteiger partial charge is 0.357 e. The summed E-state index contributed by atoms with van der Waals surface area (Å²) in [6, 6.07) is 3.93. The summed E-state index contributed by atoms with van der Waals surface area (Å²) in [5.74, 6) is -0.0745. The van der Waals surface area contributed by atoms with Gasteiger partial charge in [-0.1, -0.05) is 19.3 Å². The minimum atomic E-state index is -0.432. The van der Waals surface area contributed by atoms with E-state index >= 15 is 0 Å². The molecular formula is C14H21N3O2. The molecule has 0 aliphatic heterocycles. The van der Waals surface area contributed by atoms with Crippen molar-refractivity contribution in [3.05, 3.63) is 17.8 Å². The molecule has 1 saturated carbocycles. The van der Waals surface area contributed by atoms with Crippen LogP contribution < -0.4 is 11.1 Å². The molecule has 0 bridgehead atoms. The van der Waals surface area contributed by atoms with E-state index in [-0.39, 0.29) is 5.69 Å². The molecular weight excluding hydrogens is 242 g/mol. The van der Waals surface area contributed by atoms with Gasteiger partial charge in [0.15, 0.2) is 5.69 Å². The first-order valence-corrected chi connectivity index (χ1v) is 6.91. The lowest BCUT2D eigenvalue weighted by Gasteiger charge is -2.24. The van der Waals surface area contributed by atoms with Gasteiger partial charge >= 0.3 is 5.97 Å². The fourth-order valence-corrected chi connectivity index (χ4v) is 2.38. The fraction of sp³-hybridized carbons (Fsp3) is 0.571. The van der Waals surface area contributed by atoms with Crippen LogP contribution in [-0.2, 0) is 4.74 Å². The second-order valence-corrected chi connectivity index (χ2v) is 4.83. The third kappa shape index (κ3) is 3.59. The van der Waals surface area contributed by atoms with Crippen LogP contribution in [0.5, 0.6) is 0 Å². The van der Waals surface area contributed by atoms with Crippen molar-refractivity contribution >= 4 is 17.5 Å². The van der Waals surface area contributed by atoms with E-state index in [1.165, 1.54) is 32.1 Å². The molecule has 0 spiro atoms. The lowest BCUT2D eigenvalue weighted by molar-refractivity contribution is 0.0519. The summed E-state index contributed by atoms with van der Waals surface area (Å²) in [5, 5.41) is 3.41. The van der Waals surface area contributed by atoms with Crippen LogP contribution in [0.3, 0.4) is 0 Å². The second-order valence-electron chi connectivity index (χ2n) is 4.83. The maximum atomic E-state index is 11.5. The summed E-state index contributed by atoms with van der Waals surface area (Å²) in [6.45, 7) is 2.10. The van der Waals surface area contributed by atoms with Gasteiger partial charge < -0.3 is 15.8 Å². The summed E-state index contributed by atoms with van der Waals surface area (Å²) in [7, 11) is 0. The number of carbonyl (C=O) groups is 1. The maximum absolute atomic E-state index is 11.5. The Balaban J connectivity index is 2.04. The molecule has 0 unspecified atom stereocenters. The Bertz CT molecular complexity index is 442. The summed E-state index contributed by atoms with van der Waals surface area (Å²) < 4.78 is 4.90. The number of hydrogen-bond donors (Lipinski definition) is 2. The normalized spacial score (nSPS) is 16.1. The first-order valence-electron chi connectivity index (χ1n) is 6.91. The first-order chi connectivity index (χ1) is 9.20. The molecule has 0 atom stereocenters. The van der Waals surface area contributed by atoms with Crippen LogP contribution in [0.4, 0.5) is 11.5 Å². The molecule has 19 heavy (non-hydrogen) atoms. The van der Waals surface area contributed by atoms with Crippen molar-refractivity contribution in [2.24, 2.45) is 0 Å². The second kappa shape index (κ2) is 6.41. The molecule has 1 aromatic rings. The van der Waals surface area contributed by atoms with E-state index in [1.54, 1.807) is 13.0 Å². The zero-order valence-corrected chi connectivity index (χ0v) is 11.3. The number of nitrogens with one attached hydrogen (secondary N) is 1. The molecule has 5 nitrogen and oxygen atoms in total. The number of aromatic nitrogens is 1. The van der Waals surface area contributed by atoms with Crippen molar-refractivity contribution in [1.29, 1.82) is 0 Å².